The smallest absolute Gasteiger partial charge is 0.332 e. The third kappa shape index (κ3) is 7.73. The molecule has 0 aliphatic carbocycles. The zero-order chi connectivity index (χ0) is 14.8. The number of aliphatic hydroxyl groups excluding tert-OH is 2. The molecule has 0 rings (SSSR count). The molecule has 0 heterocycles. The van der Waals surface area contributed by atoms with Crippen molar-refractivity contribution in [2.24, 2.45) is 0 Å². The average Bonchev–Trinajstić information content (AvgIpc) is 2.33. The Morgan fingerprint density at radius 1 is 1.11 bits per heavy atom. The van der Waals surface area contributed by atoms with Crippen LogP contribution in [0.4, 0.5) is 0 Å². The lowest BCUT2D eigenvalue weighted by molar-refractivity contribution is -0.146. The van der Waals surface area contributed by atoms with E-state index in [0.717, 1.165) is 6.42 Å². The van der Waals surface area contributed by atoms with Gasteiger partial charge in [0.05, 0.1) is 6.10 Å². The van der Waals surface area contributed by atoms with Crippen LogP contribution in [0, 0.1) is 0 Å². The molecule has 0 aromatic carbocycles. The van der Waals surface area contributed by atoms with E-state index in [-0.39, 0.29) is 19.5 Å². The van der Waals surface area contributed by atoms with Gasteiger partial charge in [0, 0.05) is 6.54 Å². The molecule has 0 fully saturated rings. The van der Waals surface area contributed by atoms with Crippen LogP contribution in [0.3, 0.4) is 0 Å². The van der Waals surface area contributed by atoms with E-state index in [0.29, 0.717) is 6.54 Å². The van der Waals surface area contributed by atoms with Crippen molar-refractivity contribution in [3.05, 3.63) is 0 Å². The number of nitrogens with one attached hydrogen (secondary N) is 2. The van der Waals surface area contributed by atoms with Gasteiger partial charge in [0.25, 0.3) is 0 Å². The molecule has 0 radical (unpaired) electrons. The standard InChI is InChI=1S/C11H22N2O6/c1-2-4-12-6-8(15)9(11(18)19)13-5-3-7(14)10(16)17/h7-9,12-15H,2-6H2,1H3,(H,16,17)(H,18,19). The van der Waals surface area contributed by atoms with Crippen LogP contribution >= 0.6 is 0 Å². The molecule has 0 saturated carbocycles. The van der Waals surface area contributed by atoms with Gasteiger partial charge in [0.1, 0.15) is 6.04 Å². The number of hydrogen-bond donors (Lipinski definition) is 6. The number of hydrogen-bond acceptors (Lipinski definition) is 6. The topological polar surface area (TPSA) is 139 Å². The Morgan fingerprint density at radius 3 is 2.21 bits per heavy atom. The fourth-order valence-electron chi connectivity index (χ4n) is 1.43. The molecule has 0 saturated heterocycles. The normalized spacial score (nSPS) is 15.7. The van der Waals surface area contributed by atoms with Gasteiger partial charge < -0.3 is 31.1 Å². The van der Waals surface area contributed by atoms with E-state index in [1.54, 1.807) is 0 Å². The molecule has 112 valence electrons. The summed E-state index contributed by atoms with van der Waals surface area (Å²) in [4.78, 5) is 21.3. The second-order valence-corrected chi connectivity index (χ2v) is 4.18. The largest absolute Gasteiger partial charge is 0.480 e. The van der Waals surface area contributed by atoms with Crippen LogP contribution in [-0.4, -0.2) is 70.2 Å². The van der Waals surface area contributed by atoms with Gasteiger partial charge in [-0.1, -0.05) is 6.92 Å². The van der Waals surface area contributed by atoms with Gasteiger partial charge in [-0.2, -0.15) is 0 Å². The fourth-order valence-corrected chi connectivity index (χ4v) is 1.43. The van der Waals surface area contributed by atoms with Crippen LogP contribution < -0.4 is 10.6 Å². The maximum Gasteiger partial charge on any atom is 0.332 e. The van der Waals surface area contributed by atoms with Crippen LogP contribution in [0.5, 0.6) is 0 Å². The van der Waals surface area contributed by atoms with Gasteiger partial charge in [-0.05, 0) is 25.9 Å². The minimum Gasteiger partial charge on any atom is -0.480 e. The number of carbonyl (C=O) groups is 2. The van der Waals surface area contributed by atoms with Crippen molar-refractivity contribution in [2.45, 2.75) is 38.0 Å². The van der Waals surface area contributed by atoms with Crippen molar-refractivity contribution in [3.63, 3.8) is 0 Å². The second-order valence-electron chi connectivity index (χ2n) is 4.18. The highest BCUT2D eigenvalue weighted by Gasteiger charge is 2.26. The zero-order valence-corrected chi connectivity index (χ0v) is 10.9. The summed E-state index contributed by atoms with van der Waals surface area (Å²) in [5.74, 6) is -2.59. The van der Waals surface area contributed by atoms with E-state index in [1.165, 1.54) is 0 Å². The number of rotatable bonds is 11. The quantitative estimate of drug-likeness (QED) is 0.244. The molecule has 3 unspecified atom stereocenters. The molecule has 0 bridgehead atoms. The van der Waals surface area contributed by atoms with E-state index in [2.05, 4.69) is 10.6 Å². The van der Waals surface area contributed by atoms with Crippen LogP contribution in [-0.2, 0) is 9.59 Å². The summed E-state index contributed by atoms with van der Waals surface area (Å²) in [5, 5.41) is 41.5. The summed E-state index contributed by atoms with van der Waals surface area (Å²) in [7, 11) is 0. The molecule has 6 N–H and O–H groups in total. The summed E-state index contributed by atoms with van der Waals surface area (Å²) in [6.45, 7) is 2.72. The third-order valence-electron chi connectivity index (χ3n) is 2.50. The van der Waals surface area contributed by atoms with Gasteiger partial charge in [-0.25, -0.2) is 4.79 Å². The van der Waals surface area contributed by atoms with Crippen LogP contribution in [0.1, 0.15) is 19.8 Å². The van der Waals surface area contributed by atoms with Crippen molar-refractivity contribution >= 4 is 11.9 Å². The lowest BCUT2D eigenvalue weighted by atomic mass is 10.1. The highest BCUT2D eigenvalue weighted by Crippen LogP contribution is 1.96. The van der Waals surface area contributed by atoms with Gasteiger partial charge in [0.2, 0.25) is 0 Å². The minimum atomic E-state index is -1.54. The predicted octanol–water partition coefficient (Wildman–Crippen LogP) is -1.77. The molecule has 8 heteroatoms. The van der Waals surface area contributed by atoms with E-state index in [4.69, 9.17) is 15.3 Å². The summed E-state index contributed by atoms with van der Waals surface area (Å²) >= 11 is 0. The van der Waals surface area contributed by atoms with Crippen molar-refractivity contribution in [1.82, 2.24) is 10.6 Å². The van der Waals surface area contributed by atoms with Crippen molar-refractivity contribution in [2.75, 3.05) is 19.6 Å². The maximum absolute atomic E-state index is 11.0. The van der Waals surface area contributed by atoms with Crippen LogP contribution in [0.25, 0.3) is 0 Å². The van der Waals surface area contributed by atoms with Gasteiger partial charge in [-0.15, -0.1) is 0 Å². The van der Waals surface area contributed by atoms with Gasteiger partial charge in [-0.3, -0.25) is 4.79 Å². The SMILES string of the molecule is CCCNCC(O)C(NCCC(O)C(=O)O)C(=O)O. The first-order chi connectivity index (χ1) is 8.90. The third-order valence-corrected chi connectivity index (χ3v) is 2.50. The van der Waals surface area contributed by atoms with Crippen LogP contribution in [0.2, 0.25) is 0 Å². The molecule has 0 spiro atoms. The Hall–Kier alpha value is -1.22. The molecule has 3 atom stereocenters. The number of aliphatic hydroxyl groups is 2. The van der Waals surface area contributed by atoms with E-state index >= 15 is 0 Å². The molecule has 19 heavy (non-hydrogen) atoms. The first-order valence-electron chi connectivity index (χ1n) is 6.16. The Morgan fingerprint density at radius 2 is 1.74 bits per heavy atom. The summed E-state index contributed by atoms with van der Waals surface area (Å²) in [6, 6.07) is -1.20. The highest BCUT2D eigenvalue weighted by molar-refractivity contribution is 5.74. The summed E-state index contributed by atoms with van der Waals surface area (Å²) in [6.07, 6.45) is -1.94. The lowest BCUT2D eigenvalue weighted by Crippen LogP contribution is -2.50. The predicted molar refractivity (Wildman–Crippen MR) is 66.9 cm³/mol. The number of carboxylic acids is 2. The summed E-state index contributed by atoms with van der Waals surface area (Å²) < 4.78 is 0. The van der Waals surface area contributed by atoms with Crippen molar-refractivity contribution in [1.29, 1.82) is 0 Å². The van der Waals surface area contributed by atoms with Crippen molar-refractivity contribution < 1.29 is 30.0 Å². The monoisotopic (exact) mass is 278 g/mol. The Labute approximate surface area is 111 Å². The fraction of sp³-hybridized carbons (Fsp3) is 0.818. The second kappa shape index (κ2) is 9.68. The molecule has 0 aromatic rings. The first kappa shape index (κ1) is 17.8. The molecule has 0 amide bonds. The molecule has 0 aliphatic heterocycles. The molecular formula is C11H22N2O6. The molecule has 8 nitrogen and oxygen atoms in total. The summed E-state index contributed by atoms with van der Waals surface area (Å²) in [5.41, 5.74) is 0. The van der Waals surface area contributed by atoms with Gasteiger partial charge >= 0.3 is 11.9 Å². The zero-order valence-electron chi connectivity index (χ0n) is 10.9. The Balaban J connectivity index is 4.11. The van der Waals surface area contributed by atoms with E-state index in [1.807, 2.05) is 6.92 Å². The van der Waals surface area contributed by atoms with E-state index in [9.17, 15) is 14.7 Å². The molecule has 0 aliphatic rings. The van der Waals surface area contributed by atoms with Crippen molar-refractivity contribution in [3.8, 4) is 0 Å². The Bertz CT molecular complexity index is 286. The first-order valence-corrected chi connectivity index (χ1v) is 6.16. The van der Waals surface area contributed by atoms with Gasteiger partial charge in [0.15, 0.2) is 6.10 Å². The average molecular weight is 278 g/mol. The highest BCUT2D eigenvalue weighted by atomic mass is 16.4. The minimum absolute atomic E-state index is 0.0186. The van der Waals surface area contributed by atoms with E-state index < -0.39 is 30.2 Å². The van der Waals surface area contributed by atoms with Crippen LogP contribution in [0.15, 0.2) is 0 Å². The lowest BCUT2D eigenvalue weighted by Gasteiger charge is -2.21. The molecular weight excluding hydrogens is 256 g/mol. The number of aliphatic carboxylic acids is 2. The Kier molecular flexibility index (Phi) is 9.06. The molecule has 0 aromatic heterocycles. The maximum atomic E-state index is 11.0. The number of carboxylic acid groups (broad SMARTS) is 2.